The molecular formula is C10H17NO10S. The van der Waals surface area contributed by atoms with Gasteiger partial charge < -0.3 is 24.4 Å². The van der Waals surface area contributed by atoms with Gasteiger partial charge >= 0.3 is 22.2 Å². The summed E-state index contributed by atoms with van der Waals surface area (Å²) >= 11 is 0. The normalized spacial score (nSPS) is 32.3. The van der Waals surface area contributed by atoms with Crippen LogP contribution in [0, 0.1) is 0 Å². The summed E-state index contributed by atoms with van der Waals surface area (Å²) in [6, 6.07) is 0. The smallest absolute Gasteiger partial charge is 0.333 e. The molecule has 0 aliphatic carbocycles. The Kier molecular flexibility index (Phi) is 6.22. The van der Waals surface area contributed by atoms with Gasteiger partial charge in [0.05, 0.1) is 6.61 Å². The number of rotatable bonds is 5. The molecule has 0 aromatic carbocycles. The Bertz CT molecular complexity index is 520. The molecule has 0 spiro atoms. The van der Waals surface area contributed by atoms with Gasteiger partial charge in [-0.25, -0.2) is 5.14 Å². The minimum Gasteiger partial charge on any atom is -0.456 e. The minimum absolute atomic E-state index is 0.724. The third kappa shape index (κ3) is 5.47. The van der Waals surface area contributed by atoms with E-state index in [2.05, 4.69) is 9.32 Å². The monoisotopic (exact) mass is 343 g/mol. The molecule has 1 aliphatic heterocycles. The molecule has 12 heteroatoms. The zero-order valence-corrected chi connectivity index (χ0v) is 12.6. The Morgan fingerprint density at radius 3 is 2.09 bits per heavy atom. The molecule has 5 atom stereocenters. The highest BCUT2D eigenvalue weighted by atomic mass is 32.2. The Hall–Kier alpha value is -1.31. The van der Waals surface area contributed by atoms with Gasteiger partial charge in [0, 0.05) is 13.8 Å². The fourth-order valence-electron chi connectivity index (χ4n) is 1.86. The van der Waals surface area contributed by atoms with E-state index < -0.39 is 59.6 Å². The van der Waals surface area contributed by atoms with Crippen molar-refractivity contribution in [2.24, 2.45) is 5.14 Å². The van der Waals surface area contributed by atoms with E-state index >= 15 is 0 Å². The third-order valence-electron chi connectivity index (χ3n) is 2.63. The van der Waals surface area contributed by atoms with Crippen LogP contribution >= 0.6 is 0 Å². The van der Waals surface area contributed by atoms with Crippen molar-refractivity contribution in [2.45, 2.75) is 44.6 Å². The minimum atomic E-state index is -4.32. The maximum absolute atomic E-state index is 11.1. The fraction of sp³-hybridized carbons (Fsp3) is 0.800. The van der Waals surface area contributed by atoms with Crippen LogP contribution in [-0.2, 0) is 38.3 Å². The molecule has 22 heavy (non-hydrogen) atoms. The van der Waals surface area contributed by atoms with Crippen LogP contribution in [0.3, 0.4) is 0 Å². The van der Waals surface area contributed by atoms with Gasteiger partial charge in [-0.15, -0.1) is 0 Å². The van der Waals surface area contributed by atoms with Crippen molar-refractivity contribution in [1.82, 2.24) is 0 Å². The number of hydrogen-bond acceptors (Lipinski definition) is 10. The van der Waals surface area contributed by atoms with Gasteiger partial charge in [0.2, 0.25) is 0 Å². The van der Waals surface area contributed by atoms with Crippen LogP contribution in [0.5, 0.6) is 0 Å². The van der Waals surface area contributed by atoms with Crippen LogP contribution in [0.2, 0.25) is 0 Å². The molecule has 0 aromatic heterocycles. The maximum Gasteiger partial charge on any atom is 0.333 e. The topological polar surface area (TPSA) is 172 Å². The van der Waals surface area contributed by atoms with Crippen LogP contribution in [0.1, 0.15) is 13.8 Å². The molecule has 1 fully saturated rings. The first-order valence-electron chi connectivity index (χ1n) is 6.04. The lowest BCUT2D eigenvalue weighted by Gasteiger charge is -2.41. The lowest BCUT2D eigenvalue weighted by molar-refractivity contribution is -0.291. The van der Waals surface area contributed by atoms with Gasteiger partial charge in [-0.1, -0.05) is 0 Å². The van der Waals surface area contributed by atoms with Crippen LogP contribution in [0.25, 0.3) is 0 Å². The van der Waals surface area contributed by atoms with Crippen LogP contribution in [0.15, 0.2) is 0 Å². The van der Waals surface area contributed by atoms with Crippen molar-refractivity contribution in [3.8, 4) is 0 Å². The molecule has 1 rings (SSSR count). The summed E-state index contributed by atoms with van der Waals surface area (Å²) in [5.41, 5.74) is 0. The summed E-state index contributed by atoms with van der Waals surface area (Å²) in [4.78, 5) is 22.2. The molecule has 1 aliphatic rings. The van der Waals surface area contributed by atoms with E-state index in [9.17, 15) is 28.2 Å². The Morgan fingerprint density at radius 2 is 1.64 bits per heavy atom. The first kappa shape index (κ1) is 18.7. The summed E-state index contributed by atoms with van der Waals surface area (Å²) < 4.78 is 40.5. The summed E-state index contributed by atoms with van der Waals surface area (Å²) in [5, 5.41) is 24.0. The van der Waals surface area contributed by atoms with Gasteiger partial charge in [-0.3, -0.25) is 13.8 Å². The van der Waals surface area contributed by atoms with Crippen molar-refractivity contribution in [1.29, 1.82) is 0 Å². The Morgan fingerprint density at radius 1 is 1.14 bits per heavy atom. The predicted octanol–water partition coefficient (Wildman–Crippen LogP) is -2.85. The molecule has 0 radical (unpaired) electrons. The van der Waals surface area contributed by atoms with Crippen molar-refractivity contribution in [3.63, 3.8) is 0 Å². The van der Waals surface area contributed by atoms with Gasteiger partial charge in [0.1, 0.15) is 12.2 Å². The molecule has 0 aromatic rings. The number of nitrogens with two attached hydrogens (primary N) is 1. The molecule has 11 nitrogen and oxygen atoms in total. The van der Waals surface area contributed by atoms with Crippen LogP contribution in [-0.4, -0.2) is 67.9 Å². The van der Waals surface area contributed by atoms with Gasteiger partial charge in [-0.2, -0.15) is 8.42 Å². The second-order valence-electron chi connectivity index (χ2n) is 4.48. The van der Waals surface area contributed by atoms with Gasteiger partial charge in [-0.05, 0) is 0 Å². The van der Waals surface area contributed by atoms with Crippen molar-refractivity contribution in [2.75, 3.05) is 6.61 Å². The Labute approximate surface area is 126 Å². The molecule has 0 saturated carbocycles. The third-order valence-corrected chi connectivity index (χ3v) is 3.10. The number of aliphatic hydroxyl groups is 2. The average Bonchev–Trinajstić information content (AvgIpc) is 2.34. The highest BCUT2D eigenvalue weighted by molar-refractivity contribution is 7.84. The standard InChI is InChI=1S/C10H17NO10S/c1-4(12)19-8-6(3-18-22(11,16)17)21-10(15)7(14)9(8)20-5(2)13/h6-10,14-15H,3H2,1-2H3,(H2,11,16,17)/t6-,7-,8-,9-,10+/m1/s1. The second kappa shape index (κ2) is 7.30. The SMILES string of the molecule is CC(=O)O[C@@H]1[C@@H](O)[C@@H](O)O[C@H](COS(N)(=O)=O)[C@H]1OC(C)=O. The van der Waals surface area contributed by atoms with Crippen LogP contribution < -0.4 is 5.14 Å². The van der Waals surface area contributed by atoms with E-state index in [1.165, 1.54) is 0 Å². The van der Waals surface area contributed by atoms with Crippen molar-refractivity contribution >= 4 is 22.2 Å². The van der Waals surface area contributed by atoms with Gasteiger partial charge in [0.25, 0.3) is 0 Å². The highest BCUT2D eigenvalue weighted by Gasteiger charge is 2.49. The molecule has 128 valence electrons. The van der Waals surface area contributed by atoms with Gasteiger partial charge in [0.15, 0.2) is 18.5 Å². The molecule has 0 unspecified atom stereocenters. The number of carbonyl (C=O) groups is 2. The van der Waals surface area contributed by atoms with E-state index in [-0.39, 0.29) is 0 Å². The molecule has 0 bridgehead atoms. The number of aliphatic hydroxyl groups excluding tert-OH is 2. The molecular weight excluding hydrogens is 326 g/mol. The molecule has 1 saturated heterocycles. The number of carbonyl (C=O) groups excluding carboxylic acids is 2. The lowest BCUT2D eigenvalue weighted by Crippen LogP contribution is -2.61. The summed E-state index contributed by atoms with van der Waals surface area (Å²) in [6.45, 7) is 1.35. The average molecular weight is 343 g/mol. The van der Waals surface area contributed by atoms with Crippen molar-refractivity contribution < 1.29 is 46.6 Å². The first-order valence-corrected chi connectivity index (χ1v) is 7.51. The summed E-state index contributed by atoms with van der Waals surface area (Å²) in [7, 11) is -4.32. The van der Waals surface area contributed by atoms with E-state index in [4.69, 9.17) is 14.2 Å². The number of hydrogen-bond donors (Lipinski definition) is 3. The second-order valence-corrected chi connectivity index (χ2v) is 5.70. The lowest BCUT2D eigenvalue weighted by atomic mass is 9.98. The Balaban J connectivity index is 2.99. The summed E-state index contributed by atoms with van der Waals surface area (Å²) in [6.07, 6.45) is -7.74. The predicted molar refractivity (Wildman–Crippen MR) is 67.1 cm³/mol. The van der Waals surface area contributed by atoms with E-state index in [0.29, 0.717) is 0 Å². The maximum atomic E-state index is 11.1. The highest BCUT2D eigenvalue weighted by Crippen LogP contribution is 2.25. The molecule has 1 heterocycles. The van der Waals surface area contributed by atoms with E-state index in [0.717, 1.165) is 13.8 Å². The van der Waals surface area contributed by atoms with E-state index in [1.54, 1.807) is 0 Å². The first-order chi connectivity index (χ1) is 10.0. The largest absolute Gasteiger partial charge is 0.456 e. The summed E-state index contributed by atoms with van der Waals surface area (Å²) in [5.74, 6) is -1.63. The van der Waals surface area contributed by atoms with Crippen LogP contribution in [0.4, 0.5) is 0 Å². The quantitative estimate of drug-likeness (QED) is 0.441. The number of esters is 2. The van der Waals surface area contributed by atoms with E-state index in [1.807, 2.05) is 0 Å². The number of ether oxygens (including phenoxy) is 3. The zero-order valence-electron chi connectivity index (χ0n) is 11.7. The fourth-order valence-corrected chi connectivity index (χ4v) is 2.19. The molecule has 0 amide bonds. The van der Waals surface area contributed by atoms with Crippen molar-refractivity contribution in [3.05, 3.63) is 0 Å². The zero-order chi connectivity index (χ0) is 17.1. The molecule has 4 N–H and O–H groups in total.